The van der Waals surface area contributed by atoms with Gasteiger partial charge in [0.05, 0.1) is 6.04 Å². The Kier molecular flexibility index (Phi) is 9.97. The Morgan fingerprint density at radius 3 is 1.89 bits per heavy atom. The summed E-state index contributed by atoms with van der Waals surface area (Å²) < 4.78 is 0. The zero-order chi connectivity index (χ0) is 18.5. The smallest absolute Gasteiger partial charge is 0.241 e. The third-order valence-corrected chi connectivity index (χ3v) is 5.23. The van der Waals surface area contributed by atoms with Crippen LogP contribution in [-0.2, 0) is 4.79 Å². The summed E-state index contributed by atoms with van der Waals surface area (Å²) in [7, 11) is 0. The molecule has 2 atom stereocenters. The second kappa shape index (κ2) is 11.4. The summed E-state index contributed by atoms with van der Waals surface area (Å²) in [6.07, 6.45) is 2.44. The number of nitrogens with two attached hydrogens (primary N) is 1. The van der Waals surface area contributed by atoms with E-state index in [0.29, 0.717) is 6.54 Å². The highest BCUT2D eigenvalue weighted by Gasteiger charge is 2.25. The molecule has 3 rings (SSSR count). The molecule has 0 radical (unpaired) electrons. The quantitative estimate of drug-likeness (QED) is 0.734. The van der Waals surface area contributed by atoms with Gasteiger partial charge in [0.1, 0.15) is 6.04 Å². The van der Waals surface area contributed by atoms with Crippen LogP contribution in [0.2, 0.25) is 0 Å². The van der Waals surface area contributed by atoms with E-state index in [1.807, 2.05) is 31.2 Å². The number of benzene rings is 2. The molecule has 2 unspecified atom stereocenters. The van der Waals surface area contributed by atoms with Crippen molar-refractivity contribution in [1.29, 1.82) is 0 Å². The Bertz CT molecular complexity index is 728. The minimum Gasteiger partial charge on any atom is -0.353 e. The van der Waals surface area contributed by atoms with Gasteiger partial charge in [-0.15, -0.1) is 24.8 Å². The lowest BCUT2D eigenvalue weighted by molar-refractivity contribution is -0.122. The predicted octanol–water partition coefficient (Wildman–Crippen LogP) is 4.10. The number of carbonyl (C=O) groups is 1. The van der Waals surface area contributed by atoms with Gasteiger partial charge in [-0.1, -0.05) is 59.7 Å². The molecule has 3 N–H and O–H groups in total. The van der Waals surface area contributed by atoms with Crippen LogP contribution in [0.3, 0.4) is 0 Å². The lowest BCUT2D eigenvalue weighted by Gasteiger charge is -2.29. The number of halogens is 2. The van der Waals surface area contributed by atoms with Gasteiger partial charge in [-0.3, -0.25) is 9.69 Å². The number of hydrogen-bond acceptors (Lipinski definition) is 3. The van der Waals surface area contributed by atoms with Crippen molar-refractivity contribution in [3.05, 3.63) is 70.8 Å². The molecule has 0 spiro atoms. The Morgan fingerprint density at radius 2 is 1.39 bits per heavy atom. The average Bonchev–Trinajstić information content (AvgIpc) is 3.17. The van der Waals surface area contributed by atoms with Crippen LogP contribution in [0.5, 0.6) is 0 Å². The molecule has 1 aliphatic rings. The summed E-state index contributed by atoms with van der Waals surface area (Å²) in [6, 6.07) is 16.0. The fourth-order valence-electron chi connectivity index (χ4n) is 3.53. The second-order valence-corrected chi connectivity index (χ2v) is 7.30. The standard InChI is InChI=1S/C22H29N3O.2ClH/c1-16-5-9-18(10-6-16)20(25-13-3-4-14-25)15-24-22(26)21(23)19-11-7-17(2)8-12-19;;/h5-12,20-21H,3-4,13-15,23H2,1-2H3,(H,24,26);2*1H. The number of aryl methyl sites for hydroxylation is 2. The predicted molar refractivity (Wildman–Crippen MR) is 120 cm³/mol. The molecule has 2 aromatic rings. The van der Waals surface area contributed by atoms with E-state index in [2.05, 4.69) is 41.4 Å². The zero-order valence-electron chi connectivity index (χ0n) is 16.6. The molecule has 0 aliphatic carbocycles. The van der Waals surface area contributed by atoms with E-state index in [1.165, 1.54) is 24.0 Å². The molecule has 0 saturated carbocycles. The van der Waals surface area contributed by atoms with Crippen LogP contribution in [0.1, 0.15) is 47.2 Å². The van der Waals surface area contributed by atoms with Crippen molar-refractivity contribution in [2.45, 2.75) is 38.8 Å². The number of nitrogens with zero attached hydrogens (tertiary/aromatic N) is 1. The van der Waals surface area contributed by atoms with Gasteiger partial charge >= 0.3 is 0 Å². The van der Waals surface area contributed by atoms with Gasteiger partial charge in [-0.2, -0.15) is 0 Å². The molecule has 1 amide bonds. The summed E-state index contributed by atoms with van der Waals surface area (Å²) in [6.45, 7) is 6.87. The number of hydrogen-bond donors (Lipinski definition) is 2. The molecule has 0 aromatic heterocycles. The topological polar surface area (TPSA) is 58.4 Å². The normalized spacial score (nSPS) is 15.8. The highest BCUT2D eigenvalue weighted by atomic mass is 35.5. The third kappa shape index (κ3) is 6.21. The minimum absolute atomic E-state index is 0. The van der Waals surface area contributed by atoms with Crippen LogP contribution in [-0.4, -0.2) is 30.4 Å². The fourth-order valence-corrected chi connectivity index (χ4v) is 3.53. The van der Waals surface area contributed by atoms with Crippen molar-refractivity contribution >= 4 is 30.7 Å². The Morgan fingerprint density at radius 1 is 0.929 bits per heavy atom. The van der Waals surface area contributed by atoms with Crippen molar-refractivity contribution < 1.29 is 4.79 Å². The molecule has 6 heteroatoms. The van der Waals surface area contributed by atoms with E-state index in [1.54, 1.807) is 0 Å². The van der Waals surface area contributed by atoms with E-state index in [-0.39, 0.29) is 36.8 Å². The molecule has 4 nitrogen and oxygen atoms in total. The largest absolute Gasteiger partial charge is 0.353 e. The van der Waals surface area contributed by atoms with Gasteiger partial charge in [-0.05, 0) is 50.9 Å². The van der Waals surface area contributed by atoms with Crippen LogP contribution >= 0.6 is 24.8 Å². The van der Waals surface area contributed by atoms with E-state index in [4.69, 9.17) is 5.73 Å². The van der Waals surface area contributed by atoms with E-state index >= 15 is 0 Å². The van der Waals surface area contributed by atoms with E-state index in [9.17, 15) is 4.79 Å². The summed E-state index contributed by atoms with van der Waals surface area (Å²) in [5.74, 6) is -0.120. The zero-order valence-corrected chi connectivity index (χ0v) is 18.2. The van der Waals surface area contributed by atoms with Gasteiger partial charge in [0.15, 0.2) is 0 Å². The summed E-state index contributed by atoms with van der Waals surface area (Å²) in [4.78, 5) is 15.0. The summed E-state index contributed by atoms with van der Waals surface area (Å²) in [5.41, 5.74) is 10.7. The van der Waals surface area contributed by atoms with Crippen LogP contribution in [0.4, 0.5) is 0 Å². The van der Waals surface area contributed by atoms with E-state index < -0.39 is 6.04 Å². The number of likely N-dealkylation sites (tertiary alicyclic amines) is 1. The van der Waals surface area contributed by atoms with Gasteiger partial charge in [0.25, 0.3) is 0 Å². The molecule has 154 valence electrons. The maximum atomic E-state index is 12.6. The first kappa shape index (κ1) is 24.4. The van der Waals surface area contributed by atoms with Crippen molar-refractivity contribution in [2.75, 3.05) is 19.6 Å². The van der Waals surface area contributed by atoms with Crippen LogP contribution in [0, 0.1) is 13.8 Å². The highest BCUT2D eigenvalue weighted by Crippen LogP contribution is 2.25. The monoisotopic (exact) mass is 423 g/mol. The molecule has 1 aliphatic heterocycles. The molecule has 1 saturated heterocycles. The van der Waals surface area contributed by atoms with Crippen molar-refractivity contribution in [3.63, 3.8) is 0 Å². The molecule has 28 heavy (non-hydrogen) atoms. The van der Waals surface area contributed by atoms with Crippen LogP contribution < -0.4 is 11.1 Å². The lowest BCUT2D eigenvalue weighted by Crippen LogP contribution is -2.40. The third-order valence-electron chi connectivity index (χ3n) is 5.23. The lowest BCUT2D eigenvalue weighted by atomic mass is 10.0. The van der Waals surface area contributed by atoms with Crippen molar-refractivity contribution in [3.8, 4) is 0 Å². The number of nitrogens with one attached hydrogen (secondary N) is 1. The Balaban J connectivity index is 0.00000196. The number of rotatable bonds is 6. The summed E-state index contributed by atoms with van der Waals surface area (Å²) >= 11 is 0. The van der Waals surface area contributed by atoms with Crippen LogP contribution in [0.25, 0.3) is 0 Å². The minimum atomic E-state index is -0.632. The number of carbonyl (C=O) groups excluding carboxylic acids is 1. The first-order valence-electron chi connectivity index (χ1n) is 9.45. The van der Waals surface area contributed by atoms with Crippen molar-refractivity contribution in [2.24, 2.45) is 5.73 Å². The molecule has 1 heterocycles. The highest BCUT2D eigenvalue weighted by molar-refractivity contribution is 5.85. The first-order chi connectivity index (χ1) is 12.5. The first-order valence-corrected chi connectivity index (χ1v) is 9.45. The van der Waals surface area contributed by atoms with Gasteiger partial charge in [-0.25, -0.2) is 0 Å². The molecule has 0 bridgehead atoms. The van der Waals surface area contributed by atoms with Crippen molar-refractivity contribution in [1.82, 2.24) is 10.2 Å². The number of amides is 1. The average molecular weight is 424 g/mol. The molecular weight excluding hydrogens is 393 g/mol. The Labute approximate surface area is 180 Å². The second-order valence-electron chi connectivity index (χ2n) is 7.30. The van der Waals surface area contributed by atoms with Gasteiger partial charge in [0.2, 0.25) is 5.91 Å². The van der Waals surface area contributed by atoms with Crippen LogP contribution in [0.15, 0.2) is 48.5 Å². The van der Waals surface area contributed by atoms with E-state index in [0.717, 1.165) is 24.2 Å². The van der Waals surface area contributed by atoms with Gasteiger partial charge < -0.3 is 11.1 Å². The maximum Gasteiger partial charge on any atom is 0.241 e. The molecule has 2 aromatic carbocycles. The SMILES string of the molecule is Cc1ccc(C(N)C(=O)NCC(c2ccc(C)cc2)N2CCCC2)cc1.Cl.Cl. The van der Waals surface area contributed by atoms with Gasteiger partial charge in [0, 0.05) is 6.54 Å². The molecule has 1 fully saturated rings. The molecular formula is C22H31Cl2N3O. The maximum absolute atomic E-state index is 12.6. The Hall–Kier alpha value is -1.59. The fraction of sp³-hybridized carbons (Fsp3) is 0.409. The summed E-state index contributed by atoms with van der Waals surface area (Å²) in [5, 5.41) is 3.08.